The molecule has 0 bridgehead atoms. The highest BCUT2D eigenvalue weighted by Gasteiger charge is 2.28. The predicted molar refractivity (Wildman–Crippen MR) is 53.4 cm³/mol. The molecule has 0 radical (unpaired) electrons. The maximum Gasteiger partial charge on any atom is 0.230 e. The van der Waals surface area contributed by atoms with Gasteiger partial charge in [0.15, 0.2) is 0 Å². The van der Waals surface area contributed by atoms with Gasteiger partial charge in [-0.05, 0) is 12.1 Å². The summed E-state index contributed by atoms with van der Waals surface area (Å²) in [6.45, 7) is 0.225. The molecule has 78 valence electrons. The molecule has 0 aromatic carbocycles. The van der Waals surface area contributed by atoms with Gasteiger partial charge in [-0.15, -0.1) is 0 Å². The third-order valence-corrected chi connectivity index (χ3v) is 2.32. The lowest BCUT2D eigenvalue weighted by atomic mass is 10.3. The Bertz CT molecular complexity index is 401. The molecule has 1 saturated heterocycles. The van der Waals surface area contributed by atoms with Crippen LogP contribution in [-0.4, -0.2) is 21.7 Å². The molecule has 1 fully saturated rings. The summed E-state index contributed by atoms with van der Waals surface area (Å²) in [4.78, 5) is 27.9. The van der Waals surface area contributed by atoms with Crippen LogP contribution in [0.5, 0.6) is 0 Å². The fraction of sp³-hybridized carbons (Fsp3) is 0.300. The highest BCUT2D eigenvalue weighted by atomic mass is 16.2. The van der Waals surface area contributed by atoms with E-state index in [1.54, 1.807) is 18.3 Å². The number of aromatic nitrogens is 1. The molecule has 2 N–H and O–H groups in total. The first-order valence-electron chi connectivity index (χ1n) is 4.70. The van der Waals surface area contributed by atoms with Crippen LogP contribution in [0.3, 0.4) is 0 Å². The monoisotopic (exact) mass is 205 g/mol. The smallest absolute Gasteiger partial charge is 0.230 e. The number of nitrogens with two attached hydrogens (primary N) is 1. The minimum atomic E-state index is -0.135. The number of carbonyl (C=O) groups is 2. The molecule has 1 aromatic rings. The van der Waals surface area contributed by atoms with Crippen molar-refractivity contribution in [3.8, 4) is 0 Å². The number of hydrogen-bond donors (Lipinski definition) is 1. The molecule has 2 heterocycles. The summed E-state index contributed by atoms with van der Waals surface area (Å²) < 4.78 is 0. The Morgan fingerprint density at radius 1 is 1.33 bits per heavy atom. The number of amides is 2. The molecule has 1 aromatic heterocycles. The van der Waals surface area contributed by atoms with E-state index in [1.807, 2.05) is 0 Å². The Kier molecular flexibility index (Phi) is 2.37. The first-order valence-corrected chi connectivity index (χ1v) is 4.70. The fourth-order valence-corrected chi connectivity index (χ4v) is 1.54. The molecule has 5 nitrogen and oxygen atoms in total. The second-order valence-corrected chi connectivity index (χ2v) is 3.45. The average molecular weight is 205 g/mol. The third kappa shape index (κ3) is 1.96. The molecule has 1 aliphatic heterocycles. The number of anilines is 1. The van der Waals surface area contributed by atoms with E-state index in [4.69, 9.17) is 5.73 Å². The van der Waals surface area contributed by atoms with Crippen LogP contribution < -0.4 is 5.73 Å². The van der Waals surface area contributed by atoms with Crippen molar-refractivity contribution in [2.45, 2.75) is 19.4 Å². The lowest BCUT2D eigenvalue weighted by Crippen LogP contribution is -2.28. The van der Waals surface area contributed by atoms with Crippen molar-refractivity contribution in [1.29, 1.82) is 0 Å². The zero-order valence-corrected chi connectivity index (χ0v) is 8.14. The molecular weight excluding hydrogens is 194 g/mol. The van der Waals surface area contributed by atoms with Gasteiger partial charge < -0.3 is 5.73 Å². The van der Waals surface area contributed by atoms with Gasteiger partial charge in [0.2, 0.25) is 11.8 Å². The van der Waals surface area contributed by atoms with Gasteiger partial charge in [-0.25, -0.2) is 0 Å². The van der Waals surface area contributed by atoms with E-state index in [2.05, 4.69) is 4.98 Å². The number of likely N-dealkylation sites (tertiary alicyclic amines) is 1. The van der Waals surface area contributed by atoms with Crippen LogP contribution in [0.1, 0.15) is 18.5 Å². The van der Waals surface area contributed by atoms with Crippen molar-refractivity contribution in [3.63, 3.8) is 0 Å². The van der Waals surface area contributed by atoms with Crippen LogP contribution in [0, 0.1) is 0 Å². The summed E-state index contributed by atoms with van der Waals surface area (Å²) >= 11 is 0. The van der Waals surface area contributed by atoms with E-state index < -0.39 is 0 Å². The van der Waals surface area contributed by atoms with Crippen LogP contribution >= 0.6 is 0 Å². The minimum Gasteiger partial charge on any atom is -0.399 e. The van der Waals surface area contributed by atoms with E-state index in [0.29, 0.717) is 24.2 Å². The Balaban J connectivity index is 2.15. The van der Waals surface area contributed by atoms with Gasteiger partial charge in [-0.2, -0.15) is 0 Å². The lowest BCUT2D eigenvalue weighted by Gasteiger charge is -2.12. The number of hydrogen-bond acceptors (Lipinski definition) is 4. The first-order chi connectivity index (χ1) is 7.16. The Morgan fingerprint density at radius 3 is 2.60 bits per heavy atom. The van der Waals surface area contributed by atoms with Crippen molar-refractivity contribution in [2.75, 3.05) is 5.73 Å². The zero-order chi connectivity index (χ0) is 10.8. The van der Waals surface area contributed by atoms with Crippen LogP contribution in [0.4, 0.5) is 5.69 Å². The number of nitrogen functional groups attached to an aromatic ring is 1. The Morgan fingerprint density at radius 2 is 2.00 bits per heavy atom. The number of rotatable bonds is 2. The molecule has 0 saturated carbocycles. The van der Waals surface area contributed by atoms with Gasteiger partial charge in [0.05, 0.1) is 12.2 Å². The molecule has 5 heteroatoms. The highest BCUT2D eigenvalue weighted by Crippen LogP contribution is 2.15. The minimum absolute atomic E-state index is 0.135. The number of nitrogens with zero attached hydrogens (tertiary/aromatic N) is 2. The summed E-state index contributed by atoms with van der Waals surface area (Å²) in [7, 11) is 0. The van der Waals surface area contributed by atoms with Gasteiger partial charge in [0.1, 0.15) is 0 Å². The van der Waals surface area contributed by atoms with Crippen molar-refractivity contribution >= 4 is 17.5 Å². The largest absolute Gasteiger partial charge is 0.399 e. The molecular formula is C10H11N3O2. The Hall–Kier alpha value is -1.91. The zero-order valence-electron chi connectivity index (χ0n) is 8.14. The van der Waals surface area contributed by atoms with Gasteiger partial charge in [0, 0.05) is 24.7 Å². The van der Waals surface area contributed by atoms with Crippen LogP contribution in [0.2, 0.25) is 0 Å². The maximum atomic E-state index is 11.3. The molecule has 15 heavy (non-hydrogen) atoms. The molecule has 2 rings (SSSR count). The van der Waals surface area contributed by atoms with E-state index in [-0.39, 0.29) is 18.4 Å². The summed E-state index contributed by atoms with van der Waals surface area (Å²) in [5.74, 6) is -0.270. The van der Waals surface area contributed by atoms with Crippen molar-refractivity contribution < 1.29 is 9.59 Å². The summed E-state index contributed by atoms with van der Waals surface area (Å²) in [6.07, 6.45) is 2.18. The quantitative estimate of drug-likeness (QED) is 0.705. The summed E-state index contributed by atoms with van der Waals surface area (Å²) in [5, 5.41) is 0. The van der Waals surface area contributed by atoms with E-state index in [9.17, 15) is 9.59 Å². The summed E-state index contributed by atoms with van der Waals surface area (Å²) in [5.41, 5.74) is 6.79. The van der Waals surface area contributed by atoms with E-state index >= 15 is 0 Å². The third-order valence-electron chi connectivity index (χ3n) is 2.32. The molecule has 0 spiro atoms. The van der Waals surface area contributed by atoms with Crippen molar-refractivity contribution in [2.24, 2.45) is 0 Å². The first kappa shape index (κ1) is 9.64. The van der Waals surface area contributed by atoms with Crippen molar-refractivity contribution in [1.82, 2.24) is 9.88 Å². The number of carbonyl (C=O) groups excluding carboxylic acids is 2. The molecule has 1 aliphatic rings. The second kappa shape index (κ2) is 3.68. The standard InChI is InChI=1S/C10H11N3O2/c11-7-3-4-12-8(5-7)6-13-9(14)1-2-10(13)15/h3-5H,1-2,6H2,(H2,11,12). The van der Waals surface area contributed by atoms with Gasteiger partial charge in [-0.3, -0.25) is 19.5 Å². The summed E-state index contributed by atoms with van der Waals surface area (Å²) in [6, 6.07) is 3.33. The molecule has 0 atom stereocenters. The predicted octanol–water partition coefficient (Wildman–Crippen LogP) is 0.313. The van der Waals surface area contributed by atoms with E-state index in [1.165, 1.54) is 4.90 Å². The fourth-order valence-electron chi connectivity index (χ4n) is 1.54. The van der Waals surface area contributed by atoms with Crippen LogP contribution in [0.15, 0.2) is 18.3 Å². The molecule has 2 amide bonds. The van der Waals surface area contributed by atoms with Crippen LogP contribution in [-0.2, 0) is 16.1 Å². The Labute approximate surface area is 86.9 Å². The highest BCUT2D eigenvalue weighted by molar-refractivity contribution is 6.01. The topological polar surface area (TPSA) is 76.3 Å². The number of pyridine rings is 1. The SMILES string of the molecule is Nc1ccnc(CN2C(=O)CCC2=O)c1. The lowest BCUT2D eigenvalue weighted by molar-refractivity contribution is -0.139. The van der Waals surface area contributed by atoms with Gasteiger partial charge in [0.25, 0.3) is 0 Å². The maximum absolute atomic E-state index is 11.3. The van der Waals surface area contributed by atoms with Gasteiger partial charge in [-0.1, -0.05) is 0 Å². The van der Waals surface area contributed by atoms with E-state index in [0.717, 1.165) is 0 Å². The molecule has 0 aliphatic carbocycles. The molecule has 0 unspecified atom stereocenters. The second-order valence-electron chi connectivity index (χ2n) is 3.45. The van der Waals surface area contributed by atoms with Crippen LogP contribution in [0.25, 0.3) is 0 Å². The number of imide groups is 1. The average Bonchev–Trinajstić information content (AvgIpc) is 2.50. The van der Waals surface area contributed by atoms with Gasteiger partial charge >= 0.3 is 0 Å². The normalized spacial score (nSPS) is 16.1. The van der Waals surface area contributed by atoms with Crippen molar-refractivity contribution in [3.05, 3.63) is 24.0 Å².